The highest BCUT2D eigenvalue weighted by molar-refractivity contribution is 7.88. The first kappa shape index (κ1) is 16.1. The van der Waals surface area contributed by atoms with Crippen LogP contribution >= 0.6 is 0 Å². The van der Waals surface area contributed by atoms with Crippen LogP contribution in [-0.2, 0) is 16.6 Å². The smallest absolute Gasteiger partial charge is 0.255 e. The van der Waals surface area contributed by atoms with Crippen LogP contribution in [0.2, 0.25) is 0 Å². The number of benzene rings is 1. The zero-order chi connectivity index (χ0) is 17.2. The van der Waals surface area contributed by atoms with E-state index < -0.39 is 10.0 Å². The van der Waals surface area contributed by atoms with Crippen LogP contribution in [0.25, 0.3) is 11.0 Å². The van der Waals surface area contributed by atoms with Gasteiger partial charge in [0.1, 0.15) is 5.52 Å². The Hall–Kier alpha value is -2.78. The lowest BCUT2D eigenvalue weighted by Crippen LogP contribution is -2.22. The van der Waals surface area contributed by atoms with Crippen LogP contribution in [0, 0.1) is 0 Å². The van der Waals surface area contributed by atoms with Gasteiger partial charge in [-0.05, 0) is 24.3 Å². The molecule has 2 heterocycles. The third kappa shape index (κ3) is 3.76. The van der Waals surface area contributed by atoms with E-state index >= 15 is 0 Å². The van der Waals surface area contributed by atoms with Crippen LogP contribution in [0.15, 0.2) is 42.9 Å². The maximum atomic E-state index is 12.4. The molecule has 0 saturated carbocycles. The molecule has 0 fully saturated rings. The SMILES string of the molecule is CS(=O)(=O)NCc1cc(C(=O)Nc2cccc3[nH]cnc23)ccn1. The fourth-order valence-electron chi connectivity index (χ4n) is 2.18. The quantitative estimate of drug-likeness (QED) is 0.643. The monoisotopic (exact) mass is 345 g/mol. The summed E-state index contributed by atoms with van der Waals surface area (Å²) in [4.78, 5) is 23.6. The molecule has 0 radical (unpaired) electrons. The lowest BCUT2D eigenvalue weighted by Gasteiger charge is -2.07. The summed E-state index contributed by atoms with van der Waals surface area (Å²) in [7, 11) is -3.32. The maximum absolute atomic E-state index is 12.4. The molecule has 0 unspecified atom stereocenters. The molecule has 8 nitrogen and oxygen atoms in total. The van der Waals surface area contributed by atoms with Crippen molar-refractivity contribution in [1.82, 2.24) is 19.7 Å². The van der Waals surface area contributed by atoms with Gasteiger partial charge in [0.2, 0.25) is 10.0 Å². The van der Waals surface area contributed by atoms with E-state index in [-0.39, 0.29) is 12.5 Å². The summed E-state index contributed by atoms with van der Waals surface area (Å²) in [6.07, 6.45) is 4.08. The summed E-state index contributed by atoms with van der Waals surface area (Å²) in [5.74, 6) is -0.325. The number of imidazole rings is 1. The number of para-hydroxylation sites is 1. The molecule has 3 aromatic rings. The van der Waals surface area contributed by atoms with E-state index in [0.717, 1.165) is 11.8 Å². The van der Waals surface area contributed by atoms with Gasteiger partial charge in [-0.3, -0.25) is 9.78 Å². The first-order valence-corrected chi connectivity index (χ1v) is 8.94. The average Bonchev–Trinajstić information content (AvgIpc) is 3.02. The molecule has 124 valence electrons. The normalized spacial score (nSPS) is 11.5. The van der Waals surface area contributed by atoms with Gasteiger partial charge >= 0.3 is 0 Å². The standard InChI is InChI=1S/C15H15N5O3S/c1-24(22,23)19-8-11-7-10(5-6-16-11)15(21)20-13-4-2-3-12-14(13)18-9-17-12/h2-7,9,19H,8H2,1H3,(H,17,18)(H,20,21). The fourth-order valence-corrected chi connectivity index (χ4v) is 2.59. The third-order valence-corrected chi connectivity index (χ3v) is 3.96. The molecule has 0 spiro atoms. The number of carbonyl (C=O) groups excluding carboxylic acids is 1. The number of rotatable bonds is 5. The fraction of sp³-hybridized carbons (Fsp3) is 0.133. The summed E-state index contributed by atoms with van der Waals surface area (Å²) < 4.78 is 24.6. The zero-order valence-corrected chi connectivity index (χ0v) is 13.6. The topological polar surface area (TPSA) is 117 Å². The number of fused-ring (bicyclic) bond motifs is 1. The van der Waals surface area contributed by atoms with Crippen molar-refractivity contribution in [2.45, 2.75) is 6.54 Å². The Morgan fingerprint density at radius 2 is 2.08 bits per heavy atom. The van der Waals surface area contributed by atoms with Crippen molar-refractivity contribution < 1.29 is 13.2 Å². The lowest BCUT2D eigenvalue weighted by molar-refractivity contribution is 0.102. The second-order valence-corrected chi connectivity index (χ2v) is 7.02. The summed E-state index contributed by atoms with van der Waals surface area (Å²) in [6, 6.07) is 8.53. The Balaban J connectivity index is 1.79. The summed E-state index contributed by atoms with van der Waals surface area (Å²) in [6.45, 7) is 0.0227. The molecule has 1 aromatic carbocycles. The van der Waals surface area contributed by atoms with Crippen molar-refractivity contribution in [3.63, 3.8) is 0 Å². The third-order valence-electron chi connectivity index (χ3n) is 3.29. The number of nitrogens with zero attached hydrogens (tertiary/aromatic N) is 2. The molecule has 0 aliphatic carbocycles. The van der Waals surface area contributed by atoms with Crippen molar-refractivity contribution in [2.75, 3.05) is 11.6 Å². The predicted molar refractivity (Wildman–Crippen MR) is 90.0 cm³/mol. The summed E-state index contributed by atoms with van der Waals surface area (Å²) in [5.41, 5.74) is 2.90. The number of carbonyl (C=O) groups is 1. The van der Waals surface area contributed by atoms with Crippen molar-refractivity contribution >= 4 is 32.7 Å². The van der Waals surface area contributed by atoms with Gasteiger partial charge in [-0.15, -0.1) is 0 Å². The first-order chi connectivity index (χ1) is 11.4. The number of aromatic amines is 1. The molecule has 0 aliphatic heterocycles. The average molecular weight is 345 g/mol. The Bertz CT molecular complexity index is 997. The van der Waals surface area contributed by atoms with E-state index in [0.29, 0.717) is 22.5 Å². The van der Waals surface area contributed by atoms with Gasteiger partial charge in [-0.1, -0.05) is 6.07 Å². The van der Waals surface area contributed by atoms with E-state index in [4.69, 9.17) is 0 Å². The van der Waals surface area contributed by atoms with Gasteiger partial charge in [0.25, 0.3) is 5.91 Å². The Morgan fingerprint density at radius 1 is 1.25 bits per heavy atom. The Morgan fingerprint density at radius 3 is 2.88 bits per heavy atom. The van der Waals surface area contributed by atoms with E-state index in [1.165, 1.54) is 12.3 Å². The highest BCUT2D eigenvalue weighted by atomic mass is 32.2. The number of amides is 1. The van der Waals surface area contributed by atoms with Gasteiger partial charge in [0, 0.05) is 11.8 Å². The molecule has 3 N–H and O–H groups in total. The second-order valence-electron chi connectivity index (χ2n) is 5.19. The van der Waals surface area contributed by atoms with Crippen LogP contribution in [0.3, 0.4) is 0 Å². The number of sulfonamides is 1. The molecular weight excluding hydrogens is 330 g/mol. The van der Waals surface area contributed by atoms with Gasteiger partial charge < -0.3 is 10.3 Å². The number of anilines is 1. The van der Waals surface area contributed by atoms with Crippen molar-refractivity contribution in [3.8, 4) is 0 Å². The van der Waals surface area contributed by atoms with E-state index in [1.807, 2.05) is 12.1 Å². The molecule has 0 aliphatic rings. The highest BCUT2D eigenvalue weighted by Crippen LogP contribution is 2.20. The molecule has 24 heavy (non-hydrogen) atoms. The summed E-state index contributed by atoms with van der Waals surface area (Å²) in [5, 5.41) is 2.80. The number of H-pyrrole nitrogens is 1. The van der Waals surface area contributed by atoms with Gasteiger partial charge in [-0.2, -0.15) is 0 Å². The predicted octanol–water partition coefficient (Wildman–Crippen LogP) is 1.26. The van der Waals surface area contributed by atoms with Crippen molar-refractivity contribution in [3.05, 3.63) is 54.1 Å². The van der Waals surface area contributed by atoms with E-state index in [9.17, 15) is 13.2 Å². The molecular formula is C15H15N5O3S. The zero-order valence-electron chi connectivity index (χ0n) is 12.8. The van der Waals surface area contributed by atoms with Crippen molar-refractivity contribution in [1.29, 1.82) is 0 Å². The second kappa shape index (κ2) is 6.38. The number of pyridine rings is 1. The molecule has 1 amide bonds. The number of hydrogen-bond acceptors (Lipinski definition) is 5. The summed E-state index contributed by atoms with van der Waals surface area (Å²) >= 11 is 0. The number of aromatic nitrogens is 3. The number of hydrogen-bond donors (Lipinski definition) is 3. The molecule has 0 saturated heterocycles. The molecule has 2 aromatic heterocycles. The Labute approximate surface area is 138 Å². The lowest BCUT2D eigenvalue weighted by atomic mass is 10.2. The van der Waals surface area contributed by atoms with Crippen LogP contribution < -0.4 is 10.0 Å². The Kier molecular flexibility index (Phi) is 4.28. The minimum atomic E-state index is -3.32. The molecule has 9 heteroatoms. The molecule has 0 atom stereocenters. The highest BCUT2D eigenvalue weighted by Gasteiger charge is 2.11. The van der Waals surface area contributed by atoms with Crippen LogP contribution in [0.4, 0.5) is 5.69 Å². The van der Waals surface area contributed by atoms with E-state index in [2.05, 4.69) is 25.0 Å². The van der Waals surface area contributed by atoms with Crippen molar-refractivity contribution in [2.24, 2.45) is 0 Å². The first-order valence-electron chi connectivity index (χ1n) is 7.05. The van der Waals surface area contributed by atoms with Gasteiger partial charge in [-0.25, -0.2) is 18.1 Å². The van der Waals surface area contributed by atoms with Gasteiger partial charge in [0.15, 0.2) is 0 Å². The van der Waals surface area contributed by atoms with Gasteiger partial charge in [0.05, 0.1) is 36.0 Å². The minimum Gasteiger partial charge on any atom is -0.345 e. The maximum Gasteiger partial charge on any atom is 0.255 e. The van der Waals surface area contributed by atoms with Crippen LogP contribution in [-0.4, -0.2) is 35.5 Å². The van der Waals surface area contributed by atoms with Crippen LogP contribution in [0.1, 0.15) is 16.1 Å². The largest absolute Gasteiger partial charge is 0.345 e. The van der Waals surface area contributed by atoms with E-state index in [1.54, 1.807) is 18.5 Å². The van der Waals surface area contributed by atoms with Crippen LogP contribution in [0.5, 0.6) is 0 Å². The minimum absolute atomic E-state index is 0.0227. The molecule has 3 rings (SSSR count). The number of nitrogens with one attached hydrogen (secondary N) is 3. The molecule has 0 bridgehead atoms.